The second-order valence-corrected chi connectivity index (χ2v) is 8.73. The van der Waals surface area contributed by atoms with E-state index in [1.54, 1.807) is 0 Å². The number of rotatable bonds is 2. The molecular weight excluding hydrogens is 360 g/mol. The van der Waals surface area contributed by atoms with Gasteiger partial charge in [0.2, 0.25) is 0 Å². The highest BCUT2D eigenvalue weighted by Crippen LogP contribution is 2.41. The number of thiophene rings is 1. The fourth-order valence-electron chi connectivity index (χ4n) is 4.51. The van der Waals surface area contributed by atoms with E-state index in [1.807, 2.05) is 11.3 Å². The molecule has 28 heavy (non-hydrogen) atoms. The molecule has 140 valence electrons. The highest BCUT2D eigenvalue weighted by molar-refractivity contribution is 7.25. The van der Waals surface area contributed by atoms with Gasteiger partial charge in [-0.1, -0.05) is 42.5 Å². The van der Waals surface area contributed by atoms with Crippen molar-refractivity contribution in [1.82, 2.24) is 4.90 Å². The van der Waals surface area contributed by atoms with Gasteiger partial charge in [0.05, 0.1) is 5.70 Å². The second kappa shape index (κ2) is 6.39. The summed E-state index contributed by atoms with van der Waals surface area (Å²) in [6, 6.07) is 24.3. The van der Waals surface area contributed by atoms with Crippen LogP contribution in [0, 0.1) is 6.92 Å². The van der Waals surface area contributed by atoms with Crippen molar-refractivity contribution in [1.29, 1.82) is 0 Å². The first kappa shape index (κ1) is 17.3. The molecule has 0 aliphatic carbocycles. The lowest BCUT2D eigenvalue weighted by atomic mass is 10.1. The predicted octanol–water partition coefficient (Wildman–Crippen LogP) is 6.85. The fourth-order valence-corrected chi connectivity index (χ4v) is 5.60. The van der Waals surface area contributed by atoms with E-state index in [-0.39, 0.29) is 6.17 Å². The summed E-state index contributed by atoms with van der Waals surface area (Å²) in [5.41, 5.74) is 6.51. The summed E-state index contributed by atoms with van der Waals surface area (Å²) in [6.07, 6.45) is 0.283. The predicted molar refractivity (Wildman–Crippen MR) is 123 cm³/mol. The lowest BCUT2D eigenvalue weighted by Gasteiger charge is -2.30. The highest BCUT2D eigenvalue weighted by Gasteiger charge is 2.33. The molecule has 0 amide bonds. The van der Waals surface area contributed by atoms with Crippen molar-refractivity contribution in [2.24, 2.45) is 0 Å². The standard InChI is InChI=1S/C25H24N2S/c1-16-9-5-7-11-22(16)27-17(2)25(26(4)18(27)3)19-13-14-24-21(15-19)20-10-6-8-12-23(20)28-24/h5-15,18H,1-4H3. The van der Waals surface area contributed by atoms with Gasteiger partial charge in [-0.3, -0.25) is 0 Å². The summed E-state index contributed by atoms with van der Waals surface area (Å²) < 4.78 is 2.71. The Morgan fingerprint density at radius 3 is 2.36 bits per heavy atom. The monoisotopic (exact) mass is 384 g/mol. The van der Waals surface area contributed by atoms with Crippen LogP contribution in [-0.4, -0.2) is 18.1 Å². The molecule has 1 aliphatic heterocycles. The van der Waals surface area contributed by atoms with E-state index in [1.165, 1.54) is 48.4 Å². The zero-order valence-corrected chi connectivity index (χ0v) is 17.5. The maximum Gasteiger partial charge on any atom is 0.103 e. The molecule has 0 bridgehead atoms. The molecule has 5 rings (SSSR count). The van der Waals surface area contributed by atoms with Crippen LogP contribution in [0.3, 0.4) is 0 Å². The molecule has 0 radical (unpaired) electrons. The zero-order valence-electron chi connectivity index (χ0n) is 16.7. The molecule has 2 nitrogen and oxygen atoms in total. The average Bonchev–Trinajstić information content (AvgIpc) is 3.17. The van der Waals surface area contributed by atoms with Crippen LogP contribution in [0.25, 0.3) is 25.9 Å². The molecule has 1 aromatic heterocycles. The number of allylic oxidation sites excluding steroid dienone is 1. The maximum atomic E-state index is 2.46. The Morgan fingerprint density at radius 1 is 0.821 bits per heavy atom. The zero-order chi connectivity index (χ0) is 19.4. The molecule has 0 saturated heterocycles. The summed E-state index contributed by atoms with van der Waals surface area (Å²) in [5.74, 6) is 0. The van der Waals surface area contributed by atoms with Gasteiger partial charge >= 0.3 is 0 Å². The van der Waals surface area contributed by atoms with Crippen molar-refractivity contribution < 1.29 is 0 Å². The van der Waals surface area contributed by atoms with Gasteiger partial charge in [0, 0.05) is 44.2 Å². The third kappa shape index (κ3) is 2.46. The van der Waals surface area contributed by atoms with E-state index in [0.29, 0.717) is 0 Å². The Kier molecular flexibility index (Phi) is 3.95. The van der Waals surface area contributed by atoms with E-state index in [9.17, 15) is 0 Å². The molecule has 1 unspecified atom stereocenters. The molecule has 1 atom stereocenters. The third-order valence-electron chi connectivity index (χ3n) is 6.02. The van der Waals surface area contributed by atoms with Gasteiger partial charge in [-0.2, -0.15) is 0 Å². The molecule has 3 aromatic carbocycles. The first-order chi connectivity index (χ1) is 13.6. The SMILES string of the molecule is CC1=C(c2ccc3sc4ccccc4c3c2)N(C)C(C)N1c1ccccc1C. The number of benzene rings is 3. The summed E-state index contributed by atoms with van der Waals surface area (Å²) in [7, 11) is 2.21. The van der Waals surface area contributed by atoms with Gasteiger partial charge < -0.3 is 9.80 Å². The maximum absolute atomic E-state index is 2.46. The molecular formula is C25H24N2S. The van der Waals surface area contributed by atoms with Crippen molar-refractivity contribution >= 4 is 42.9 Å². The normalized spacial score (nSPS) is 17.4. The number of para-hydroxylation sites is 1. The van der Waals surface area contributed by atoms with Crippen LogP contribution in [0.1, 0.15) is 25.0 Å². The Bertz CT molecular complexity index is 1230. The minimum atomic E-state index is 0.283. The van der Waals surface area contributed by atoms with Crippen LogP contribution in [0.5, 0.6) is 0 Å². The minimum absolute atomic E-state index is 0.283. The van der Waals surface area contributed by atoms with Crippen molar-refractivity contribution in [2.75, 3.05) is 11.9 Å². The third-order valence-corrected chi connectivity index (χ3v) is 7.17. The topological polar surface area (TPSA) is 6.48 Å². The molecule has 0 saturated carbocycles. The lowest BCUT2D eigenvalue weighted by Crippen LogP contribution is -2.35. The fraction of sp³-hybridized carbons (Fsp3) is 0.200. The summed E-state index contributed by atoms with van der Waals surface area (Å²) in [5, 5.41) is 2.71. The average molecular weight is 385 g/mol. The Balaban J connectivity index is 1.69. The molecule has 4 aromatic rings. The molecule has 0 N–H and O–H groups in total. The van der Waals surface area contributed by atoms with E-state index in [0.717, 1.165) is 0 Å². The number of hydrogen-bond donors (Lipinski definition) is 0. The van der Waals surface area contributed by atoms with Gasteiger partial charge in [0.25, 0.3) is 0 Å². The second-order valence-electron chi connectivity index (χ2n) is 7.64. The molecule has 0 spiro atoms. The number of anilines is 1. The van der Waals surface area contributed by atoms with E-state index in [2.05, 4.69) is 104 Å². The Labute approximate surface area is 170 Å². The van der Waals surface area contributed by atoms with Crippen molar-refractivity contribution in [3.8, 4) is 0 Å². The molecule has 3 heteroatoms. The van der Waals surface area contributed by atoms with Gasteiger partial charge in [0.1, 0.15) is 6.17 Å². The highest BCUT2D eigenvalue weighted by atomic mass is 32.1. The quantitative estimate of drug-likeness (QED) is 0.373. The van der Waals surface area contributed by atoms with Crippen molar-refractivity contribution in [3.63, 3.8) is 0 Å². The van der Waals surface area contributed by atoms with Gasteiger partial charge in [-0.05, 0) is 50.6 Å². The van der Waals surface area contributed by atoms with Gasteiger partial charge in [0.15, 0.2) is 0 Å². The Hall–Kier alpha value is -2.78. The summed E-state index contributed by atoms with van der Waals surface area (Å²) >= 11 is 1.87. The van der Waals surface area contributed by atoms with Gasteiger partial charge in [-0.25, -0.2) is 0 Å². The number of aryl methyl sites for hydroxylation is 1. The summed E-state index contributed by atoms with van der Waals surface area (Å²) in [6.45, 7) is 6.72. The molecule has 1 aliphatic rings. The first-order valence-electron chi connectivity index (χ1n) is 9.76. The van der Waals surface area contributed by atoms with E-state index < -0.39 is 0 Å². The minimum Gasteiger partial charge on any atom is -0.352 e. The first-order valence-corrected chi connectivity index (χ1v) is 10.6. The van der Waals surface area contributed by atoms with Crippen LogP contribution in [0.2, 0.25) is 0 Å². The van der Waals surface area contributed by atoms with Gasteiger partial charge in [-0.15, -0.1) is 11.3 Å². The van der Waals surface area contributed by atoms with Crippen molar-refractivity contribution in [2.45, 2.75) is 26.9 Å². The lowest BCUT2D eigenvalue weighted by molar-refractivity contribution is 0.398. The number of hydrogen-bond acceptors (Lipinski definition) is 3. The van der Waals surface area contributed by atoms with Crippen LogP contribution < -0.4 is 4.90 Å². The largest absolute Gasteiger partial charge is 0.352 e. The molecule has 2 heterocycles. The smallest absolute Gasteiger partial charge is 0.103 e. The van der Waals surface area contributed by atoms with Crippen LogP contribution in [0.4, 0.5) is 5.69 Å². The Morgan fingerprint density at radius 2 is 1.54 bits per heavy atom. The van der Waals surface area contributed by atoms with Crippen LogP contribution >= 0.6 is 11.3 Å². The van der Waals surface area contributed by atoms with Crippen molar-refractivity contribution in [3.05, 3.63) is 83.6 Å². The number of fused-ring (bicyclic) bond motifs is 3. The van der Waals surface area contributed by atoms with E-state index >= 15 is 0 Å². The van der Waals surface area contributed by atoms with E-state index in [4.69, 9.17) is 0 Å². The summed E-state index contributed by atoms with van der Waals surface area (Å²) in [4.78, 5) is 4.86. The molecule has 0 fully saturated rings. The number of nitrogens with zero attached hydrogens (tertiary/aromatic N) is 2. The van der Waals surface area contributed by atoms with Crippen LogP contribution in [-0.2, 0) is 0 Å². The van der Waals surface area contributed by atoms with Crippen LogP contribution in [0.15, 0.2) is 72.4 Å².